The molecule has 0 bridgehead atoms. The number of hydrogen-bond acceptors (Lipinski definition) is 1. The molecule has 0 amide bonds. The molecular weight excluding hydrogens is 294 g/mol. The molecule has 0 saturated carbocycles. The van der Waals surface area contributed by atoms with Crippen molar-refractivity contribution in [2.75, 3.05) is 0 Å². The molecule has 0 aliphatic rings. The molecule has 0 aromatic heterocycles. The zero-order valence-electron chi connectivity index (χ0n) is 8.40. The Morgan fingerprint density at radius 3 is 2.43 bits per heavy atom. The number of halogens is 2. The Bertz CT molecular complexity index is 372. The maximum Gasteiger partial charge on any atom is 0.139 e. The summed E-state index contributed by atoms with van der Waals surface area (Å²) in [6.45, 7) is 5.13. The molecule has 1 aromatic carbocycles. The Labute approximate surface area is 96.8 Å². The molecule has 0 atom stereocenters. The van der Waals surface area contributed by atoms with Crippen LogP contribution >= 0.6 is 22.6 Å². The lowest BCUT2D eigenvalue weighted by atomic mass is 9.81. The van der Waals surface area contributed by atoms with Crippen molar-refractivity contribution in [3.63, 3.8) is 0 Å². The van der Waals surface area contributed by atoms with E-state index in [-0.39, 0.29) is 11.6 Å². The van der Waals surface area contributed by atoms with E-state index in [9.17, 15) is 9.18 Å². The second-order valence-corrected chi connectivity index (χ2v) is 4.97. The third-order valence-electron chi connectivity index (χ3n) is 2.52. The molecule has 0 aliphatic heterocycles. The first-order chi connectivity index (χ1) is 6.35. The van der Waals surface area contributed by atoms with Crippen LogP contribution in [-0.4, -0.2) is 5.78 Å². The van der Waals surface area contributed by atoms with Gasteiger partial charge in [-0.05, 0) is 61.1 Å². The normalized spacial score (nSPS) is 11.5. The van der Waals surface area contributed by atoms with Crippen LogP contribution in [0.5, 0.6) is 0 Å². The minimum Gasteiger partial charge on any atom is -0.299 e. The molecule has 0 aliphatic carbocycles. The van der Waals surface area contributed by atoms with E-state index in [1.165, 1.54) is 13.0 Å². The Morgan fingerprint density at radius 1 is 1.43 bits per heavy atom. The lowest BCUT2D eigenvalue weighted by molar-refractivity contribution is -0.121. The predicted octanol–water partition coefficient (Wildman–Crippen LogP) is 3.30. The summed E-state index contributed by atoms with van der Waals surface area (Å²) in [4.78, 5) is 11.3. The fourth-order valence-electron chi connectivity index (χ4n) is 1.09. The summed E-state index contributed by atoms with van der Waals surface area (Å²) in [5.74, 6) is -0.226. The smallest absolute Gasteiger partial charge is 0.139 e. The Kier molecular flexibility index (Phi) is 3.29. The number of rotatable bonds is 2. The molecule has 1 nitrogen and oxygen atoms in total. The van der Waals surface area contributed by atoms with Gasteiger partial charge in [-0.3, -0.25) is 4.79 Å². The topological polar surface area (TPSA) is 17.1 Å². The molecule has 3 heteroatoms. The molecule has 14 heavy (non-hydrogen) atoms. The largest absolute Gasteiger partial charge is 0.299 e. The first kappa shape index (κ1) is 11.6. The van der Waals surface area contributed by atoms with Crippen LogP contribution in [0.3, 0.4) is 0 Å². The molecule has 0 N–H and O–H groups in total. The number of carbonyl (C=O) groups is 1. The molecule has 0 radical (unpaired) electrons. The molecule has 1 rings (SSSR count). The van der Waals surface area contributed by atoms with Crippen LogP contribution in [0.2, 0.25) is 0 Å². The van der Waals surface area contributed by atoms with Crippen molar-refractivity contribution in [1.82, 2.24) is 0 Å². The summed E-state index contributed by atoms with van der Waals surface area (Å²) in [6.07, 6.45) is 0. The zero-order chi connectivity index (χ0) is 10.9. The predicted molar refractivity (Wildman–Crippen MR) is 62.8 cm³/mol. The standard InChI is InChI=1S/C11H12FIO/c1-7(14)11(2,3)8-4-5-10(13)9(12)6-8/h4-6H,1-3H3. The van der Waals surface area contributed by atoms with Gasteiger partial charge in [0.05, 0.1) is 0 Å². The molecular formula is C11H12FIO. The molecule has 0 fully saturated rings. The van der Waals surface area contributed by atoms with E-state index >= 15 is 0 Å². The fourth-order valence-corrected chi connectivity index (χ4v) is 1.42. The quantitative estimate of drug-likeness (QED) is 0.766. The molecule has 0 heterocycles. The number of benzene rings is 1. The van der Waals surface area contributed by atoms with Crippen LogP contribution in [-0.2, 0) is 10.2 Å². The first-order valence-electron chi connectivity index (χ1n) is 4.32. The maximum absolute atomic E-state index is 13.3. The van der Waals surface area contributed by atoms with Gasteiger partial charge in [0.15, 0.2) is 0 Å². The lowest BCUT2D eigenvalue weighted by Gasteiger charge is -2.21. The Balaban J connectivity index is 3.21. The highest BCUT2D eigenvalue weighted by Gasteiger charge is 2.26. The van der Waals surface area contributed by atoms with Crippen LogP contribution in [0, 0.1) is 9.39 Å². The average Bonchev–Trinajstić information content (AvgIpc) is 2.09. The van der Waals surface area contributed by atoms with Gasteiger partial charge in [0, 0.05) is 8.99 Å². The second-order valence-electron chi connectivity index (χ2n) is 3.81. The van der Waals surface area contributed by atoms with E-state index in [1.807, 2.05) is 22.6 Å². The van der Waals surface area contributed by atoms with Crippen LogP contribution in [0.1, 0.15) is 26.3 Å². The number of Topliss-reactive ketones (excluding diaryl/α,β-unsaturated/α-hetero) is 1. The number of ketones is 1. The van der Waals surface area contributed by atoms with Crippen molar-refractivity contribution in [3.8, 4) is 0 Å². The summed E-state index contributed by atoms with van der Waals surface area (Å²) in [5.41, 5.74) is 0.119. The van der Waals surface area contributed by atoms with E-state index in [0.717, 1.165) is 5.56 Å². The molecule has 0 unspecified atom stereocenters. The summed E-state index contributed by atoms with van der Waals surface area (Å²) in [5, 5.41) is 0. The SMILES string of the molecule is CC(=O)C(C)(C)c1ccc(I)c(F)c1. The van der Waals surface area contributed by atoms with Crippen molar-refractivity contribution in [1.29, 1.82) is 0 Å². The summed E-state index contributed by atoms with van der Waals surface area (Å²) in [7, 11) is 0. The van der Waals surface area contributed by atoms with Gasteiger partial charge in [0.25, 0.3) is 0 Å². The Morgan fingerprint density at radius 2 is 2.00 bits per heavy atom. The van der Waals surface area contributed by atoms with E-state index in [0.29, 0.717) is 3.57 Å². The third-order valence-corrected chi connectivity index (χ3v) is 3.40. The van der Waals surface area contributed by atoms with Gasteiger partial charge in [-0.2, -0.15) is 0 Å². The average molecular weight is 306 g/mol. The highest BCUT2D eigenvalue weighted by atomic mass is 127. The van der Waals surface area contributed by atoms with Crippen LogP contribution in [0.25, 0.3) is 0 Å². The highest BCUT2D eigenvalue weighted by molar-refractivity contribution is 14.1. The van der Waals surface area contributed by atoms with Gasteiger partial charge in [0.1, 0.15) is 11.6 Å². The van der Waals surface area contributed by atoms with Crippen molar-refractivity contribution in [3.05, 3.63) is 33.1 Å². The van der Waals surface area contributed by atoms with Gasteiger partial charge < -0.3 is 0 Å². The van der Waals surface area contributed by atoms with Gasteiger partial charge in [0.2, 0.25) is 0 Å². The van der Waals surface area contributed by atoms with E-state index in [4.69, 9.17) is 0 Å². The number of carbonyl (C=O) groups excluding carboxylic acids is 1. The van der Waals surface area contributed by atoms with Gasteiger partial charge in [-0.15, -0.1) is 0 Å². The summed E-state index contributed by atoms with van der Waals surface area (Å²) >= 11 is 1.93. The second kappa shape index (κ2) is 3.96. The minimum atomic E-state index is -0.606. The molecule has 0 spiro atoms. The molecule has 76 valence electrons. The van der Waals surface area contributed by atoms with Crippen molar-refractivity contribution >= 4 is 28.4 Å². The number of hydrogen-bond donors (Lipinski definition) is 0. The molecule has 0 saturated heterocycles. The van der Waals surface area contributed by atoms with E-state index in [2.05, 4.69) is 0 Å². The summed E-state index contributed by atoms with van der Waals surface area (Å²) < 4.78 is 13.8. The van der Waals surface area contributed by atoms with Crippen LogP contribution in [0.15, 0.2) is 18.2 Å². The van der Waals surface area contributed by atoms with Crippen LogP contribution in [0.4, 0.5) is 4.39 Å². The third kappa shape index (κ3) is 2.13. The van der Waals surface area contributed by atoms with Crippen molar-refractivity contribution < 1.29 is 9.18 Å². The van der Waals surface area contributed by atoms with E-state index < -0.39 is 5.41 Å². The maximum atomic E-state index is 13.3. The lowest BCUT2D eigenvalue weighted by Crippen LogP contribution is -2.26. The minimum absolute atomic E-state index is 0.0399. The monoisotopic (exact) mass is 306 g/mol. The summed E-state index contributed by atoms with van der Waals surface area (Å²) in [6, 6.07) is 4.92. The van der Waals surface area contributed by atoms with Gasteiger partial charge >= 0.3 is 0 Å². The van der Waals surface area contributed by atoms with Crippen LogP contribution < -0.4 is 0 Å². The van der Waals surface area contributed by atoms with Gasteiger partial charge in [-0.25, -0.2) is 4.39 Å². The van der Waals surface area contributed by atoms with Crippen molar-refractivity contribution in [2.45, 2.75) is 26.2 Å². The van der Waals surface area contributed by atoms with E-state index in [1.54, 1.807) is 26.0 Å². The first-order valence-corrected chi connectivity index (χ1v) is 5.40. The van der Waals surface area contributed by atoms with Gasteiger partial charge in [-0.1, -0.05) is 6.07 Å². The fraction of sp³-hybridized carbons (Fsp3) is 0.364. The molecule has 1 aromatic rings. The van der Waals surface area contributed by atoms with Crippen molar-refractivity contribution in [2.24, 2.45) is 0 Å². The highest BCUT2D eigenvalue weighted by Crippen LogP contribution is 2.26. The Hall–Kier alpha value is -0.450. The zero-order valence-corrected chi connectivity index (χ0v) is 10.6.